The molecule has 0 aromatic heterocycles. The number of carbonyl (C=O) groups is 1. The van der Waals surface area contributed by atoms with Crippen molar-refractivity contribution >= 4 is 23.2 Å². The summed E-state index contributed by atoms with van der Waals surface area (Å²) < 4.78 is 26.8. The van der Waals surface area contributed by atoms with Crippen molar-refractivity contribution in [3.05, 3.63) is 64.7 Å². The summed E-state index contributed by atoms with van der Waals surface area (Å²) in [5, 5.41) is 0.615. The lowest BCUT2D eigenvalue weighted by Crippen LogP contribution is -2.55. The van der Waals surface area contributed by atoms with Crippen molar-refractivity contribution < 1.29 is 13.6 Å². The Balaban J connectivity index is 1.73. The molecule has 1 aliphatic heterocycles. The monoisotopic (exact) mass is 350 g/mol. The Morgan fingerprint density at radius 2 is 1.83 bits per heavy atom. The first-order valence-corrected chi connectivity index (χ1v) is 8.08. The van der Waals surface area contributed by atoms with Crippen molar-refractivity contribution in [2.75, 3.05) is 18.0 Å². The maximum atomic E-state index is 13.8. The van der Waals surface area contributed by atoms with Crippen LogP contribution in [-0.2, 0) is 11.3 Å². The molecule has 1 fully saturated rings. The van der Waals surface area contributed by atoms with Gasteiger partial charge < -0.3 is 4.90 Å². The van der Waals surface area contributed by atoms with Crippen LogP contribution in [0.1, 0.15) is 12.5 Å². The fourth-order valence-electron chi connectivity index (χ4n) is 2.88. The van der Waals surface area contributed by atoms with Gasteiger partial charge in [0, 0.05) is 42.0 Å². The van der Waals surface area contributed by atoms with E-state index in [4.69, 9.17) is 11.6 Å². The minimum Gasteiger partial charge on any atom is -0.310 e. The van der Waals surface area contributed by atoms with Crippen molar-refractivity contribution in [3.63, 3.8) is 0 Å². The smallest absolute Gasteiger partial charge is 0.244 e. The van der Waals surface area contributed by atoms with Crippen LogP contribution in [0.4, 0.5) is 14.5 Å². The molecule has 24 heavy (non-hydrogen) atoms. The Kier molecular flexibility index (Phi) is 4.83. The van der Waals surface area contributed by atoms with E-state index in [0.29, 0.717) is 23.7 Å². The summed E-state index contributed by atoms with van der Waals surface area (Å²) in [6.45, 7) is 3.18. The van der Waals surface area contributed by atoms with Gasteiger partial charge in [0.25, 0.3) is 0 Å². The van der Waals surface area contributed by atoms with E-state index in [0.717, 1.165) is 11.8 Å². The number of rotatable bonds is 3. The second-order valence-corrected chi connectivity index (χ2v) is 6.28. The van der Waals surface area contributed by atoms with Crippen LogP contribution in [0, 0.1) is 11.6 Å². The molecular formula is C18H17ClF2N2O. The highest BCUT2D eigenvalue weighted by atomic mass is 35.5. The predicted molar refractivity (Wildman–Crippen MR) is 90.0 cm³/mol. The van der Waals surface area contributed by atoms with Gasteiger partial charge in [-0.15, -0.1) is 0 Å². The van der Waals surface area contributed by atoms with Crippen LogP contribution in [0.2, 0.25) is 5.02 Å². The molecule has 0 N–H and O–H groups in total. The molecule has 0 aliphatic carbocycles. The van der Waals surface area contributed by atoms with E-state index in [1.165, 1.54) is 12.1 Å². The number of amides is 1. The van der Waals surface area contributed by atoms with E-state index in [-0.39, 0.29) is 18.5 Å². The lowest BCUT2D eigenvalue weighted by atomic mass is 10.1. The van der Waals surface area contributed by atoms with Gasteiger partial charge in [0.1, 0.15) is 11.6 Å². The Labute approximate surface area is 144 Å². The number of piperazine rings is 1. The summed E-state index contributed by atoms with van der Waals surface area (Å²) in [5.74, 6) is -1.24. The molecule has 2 aromatic carbocycles. The summed E-state index contributed by atoms with van der Waals surface area (Å²) in [6.07, 6.45) is 0. The zero-order chi connectivity index (χ0) is 17.3. The lowest BCUT2D eigenvalue weighted by Gasteiger charge is -2.39. The zero-order valence-electron chi connectivity index (χ0n) is 13.2. The fraction of sp³-hybridized carbons (Fsp3) is 0.278. The number of anilines is 1. The summed E-state index contributed by atoms with van der Waals surface area (Å²) in [7, 11) is 0. The molecule has 1 heterocycles. The SMILES string of the molecule is C[C@@H]1C(=O)N(c2ccc(Cl)cc2)CCN1Cc1ccc(F)cc1F. The van der Waals surface area contributed by atoms with E-state index >= 15 is 0 Å². The van der Waals surface area contributed by atoms with E-state index in [9.17, 15) is 13.6 Å². The maximum absolute atomic E-state index is 13.8. The third-order valence-corrected chi connectivity index (χ3v) is 4.56. The van der Waals surface area contributed by atoms with Crippen LogP contribution in [0.15, 0.2) is 42.5 Å². The lowest BCUT2D eigenvalue weighted by molar-refractivity contribution is -0.125. The van der Waals surface area contributed by atoms with Gasteiger partial charge >= 0.3 is 0 Å². The number of nitrogens with zero attached hydrogens (tertiary/aromatic N) is 2. The molecule has 1 amide bonds. The van der Waals surface area contributed by atoms with Gasteiger partial charge in [0.15, 0.2) is 0 Å². The van der Waals surface area contributed by atoms with E-state index in [1.807, 2.05) is 17.0 Å². The highest BCUT2D eigenvalue weighted by Gasteiger charge is 2.32. The number of hydrogen-bond acceptors (Lipinski definition) is 2. The molecule has 3 rings (SSSR count). The Bertz CT molecular complexity index is 751. The highest BCUT2D eigenvalue weighted by Crippen LogP contribution is 2.24. The summed E-state index contributed by atoms with van der Waals surface area (Å²) >= 11 is 5.88. The van der Waals surface area contributed by atoms with Crippen LogP contribution in [0.3, 0.4) is 0 Å². The van der Waals surface area contributed by atoms with E-state index < -0.39 is 11.6 Å². The summed E-state index contributed by atoms with van der Waals surface area (Å²) in [4.78, 5) is 16.2. The van der Waals surface area contributed by atoms with Gasteiger partial charge in [0.2, 0.25) is 5.91 Å². The molecular weight excluding hydrogens is 334 g/mol. The Hall–Kier alpha value is -1.98. The second kappa shape index (κ2) is 6.87. The van der Waals surface area contributed by atoms with Crippen LogP contribution in [-0.4, -0.2) is 29.9 Å². The standard InChI is InChI=1S/C18H17ClF2N2O/c1-12-18(24)23(16-6-3-14(19)4-7-16)9-8-22(12)11-13-2-5-15(20)10-17(13)21/h2-7,10,12H,8-9,11H2,1H3/t12-/m1/s1. The molecule has 0 saturated carbocycles. The zero-order valence-corrected chi connectivity index (χ0v) is 13.9. The molecule has 1 atom stereocenters. The first-order chi connectivity index (χ1) is 11.5. The van der Waals surface area contributed by atoms with Gasteiger partial charge in [-0.2, -0.15) is 0 Å². The van der Waals surface area contributed by atoms with Crippen LogP contribution < -0.4 is 4.90 Å². The largest absolute Gasteiger partial charge is 0.310 e. The molecule has 126 valence electrons. The molecule has 0 bridgehead atoms. The quantitative estimate of drug-likeness (QED) is 0.839. The van der Waals surface area contributed by atoms with Crippen molar-refractivity contribution in [3.8, 4) is 0 Å². The molecule has 3 nitrogen and oxygen atoms in total. The van der Waals surface area contributed by atoms with Gasteiger partial charge in [-0.1, -0.05) is 17.7 Å². The molecule has 1 aliphatic rings. The van der Waals surface area contributed by atoms with Gasteiger partial charge in [-0.25, -0.2) is 8.78 Å². The maximum Gasteiger partial charge on any atom is 0.244 e. The van der Waals surface area contributed by atoms with Gasteiger partial charge in [0.05, 0.1) is 6.04 Å². The molecule has 1 saturated heterocycles. The first-order valence-electron chi connectivity index (χ1n) is 7.70. The Morgan fingerprint density at radius 1 is 1.12 bits per heavy atom. The third-order valence-electron chi connectivity index (χ3n) is 4.31. The number of benzene rings is 2. The van der Waals surface area contributed by atoms with Crippen LogP contribution >= 0.6 is 11.6 Å². The minimum absolute atomic E-state index is 0.0499. The summed E-state index contributed by atoms with van der Waals surface area (Å²) in [6, 6.07) is 10.2. The van der Waals surface area contributed by atoms with Crippen LogP contribution in [0.5, 0.6) is 0 Å². The van der Waals surface area contributed by atoms with Crippen molar-refractivity contribution in [2.24, 2.45) is 0 Å². The van der Waals surface area contributed by atoms with E-state index in [1.54, 1.807) is 24.0 Å². The Morgan fingerprint density at radius 3 is 2.50 bits per heavy atom. The van der Waals surface area contributed by atoms with E-state index in [2.05, 4.69) is 0 Å². The van der Waals surface area contributed by atoms with Crippen molar-refractivity contribution in [1.29, 1.82) is 0 Å². The second-order valence-electron chi connectivity index (χ2n) is 5.85. The number of hydrogen-bond donors (Lipinski definition) is 0. The van der Waals surface area contributed by atoms with Crippen molar-refractivity contribution in [2.45, 2.75) is 19.5 Å². The first kappa shape index (κ1) is 16.9. The predicted octanol–water partition coefficient (Wildman–Crippen LogP) is 3.86. The minimum atomic E-state index is -0.604. The van der Waals surface area contributed by atoms with Crippen molar-refractivity contribution in [1.82, 2.24) is 4.90 Å². The third kappa shape index (κ3) is 3.42. The average molecular weight is 351 g/mol. The topological polar surface area (TPSA) is 23.6 Å². The highest BCUT2D eigenvalue weighted by molar-refractivity contribution is 6.30. The summed E-state index contributed by atoms with van der Waals surface area (Å²) in [5.41, 5.74) is 1.18. The molecule has 0 radical (unpaired) electrons. The molecule has 2 aromatic rings. The normalized spacial score (nSPS) is 18.9. The number of carbonyl (C=O) groups excluding carboxylic acids is 1. The van der Waals surface area contributed by atoms with Gasteiger partial charge in [-0.05, 0) is 37.3 Å². The number of halogens is 3. The molecule has 0 spiro atoms. The average Bonchev–Trinajstić information content (AvgIpc) is 2.55. The fourth-order valence-corrected chi connectivity index (χ4v) is 3.00. The van der Waals surface area contributed by atoms with Gasteiger partial charge in [-0.3, -0.25) is 9.69 Å². The van der Waals surface area contributed by atoms with Crippen LogP contribution in [0.25, 0.3) is 0 Å². The molecule has 0 unspecified atom stereocenters. The molecule has 6 heteroatoms.